The van der Waals surface area contributed by atoms with Gasteiger partial charge in [0.15, 0.2) is 0 Å². The van der Waals surface area contributed by atoms with Crippen LogP contribution < -0.4 is 0 Å². The summed E-state index contributed by atoms with van der Waals surface area (Å²) in [6, 6.07) is 11.9. The van der Waals surface area contributed by atoms with E-state index in [2.05, 4.69) is 16.3 Å². The maximum Gasteiger partial charge on any atom is 0.236 e. The molecule has 166 valence electrons. The highest BCUT2D eigenvalue weighted by atomic mass is 32.2. The molecule has 2 fully saturated rings. The minimum absolute atomic E-state index is 0.0155. The van der Waals surface area contributed by atoms with Gasteiger partial charge in [-0.3, -0.25) is 9.69 Å². The summed E-state index contributed by atoms with van der Waals surface area (Å²) in [5, 5.41) is 2.18. The van der Waals surface area contributed by atoms with Gasteiger partial charge in [-0.1, -0.05) is 30.3 Å². The van der Waals surface area contributed by atoms with E-state index in [-0.39, 0.29) is 11.7 Å². The highest BCUT2D eigenvalue weighted by Crippen LogP contribution is 2.48. The van der Waals surface area contributed by atoms with E-state index in [1.165, 1.54) is 27.6 Å². The van der Waals surface area contributed by atoms with Crippen molar-refractivity contribution in [2.75, 3.05) is 39.3 Å². The van der Waals surface area contributed by atoms with Gasteiger partial charge in [-0.15, -0.1) is 11.3 Å². The molecule has 5 rings (SSSR count). The number of fused-ring (bicyclic) bond motifs is 1. The predicted molar refractivity (Wildman–Crippen MR) is 122 cm³/mol. The van der Waals surface area contributed by atoms with E-state index < -0.39 is 10.0 Å². The Labute approximate surface area is 188 Å². The molecule has 0 radical (unpaired) electrons. The smallest absolute Gasteiger partial charge is 0.236 e. The Morgan fingerprint density at radius 1 is 1.00 bits per heavy atom. The Morgan fingerprint density at radius 2 is 1.74 bits per heavy atom. The van der Waals surface area contributed by atoms with Crippen molar-refractivity contribution in [3.05, 3.63) is 57.8 Å². The molecule has 1 saturated heterocycles. The van der Waals surface area contributed by atoms with Gasteiger partial charge in [-0.2, -0.15) is 4.31 Å². The molecule has 31 heavy (non-hydrogen) atoms. The summed E-state index contributed by atoms with van der Waals surface area (Å²) < 4.78 is 27.1. The molecule has 1 atom stereocenters. The molecule has 6 nitrogen and oxygen atoms in total. The molecule has 3 heterocycles. The van der Waals surface area contributed by atoms with Gasteiger partial charge in [-0.25, -0.2) is 8.42 Å². The zero-order valence-corrected chi connectivity index (χ0v) is 19.3. The highest BCUT2D eigenvalue weighted by Gasteiger charge is 2.41. The van der Waals surface area contributed by atoms with Crippen LogP contribution >= 0.6 is 11.3 Å². The standard InChI is InChI=1S/C23H29N3O3S2/c27-22(16-25-10-8-21-20(9-15-30-21)23(25)19-6-7-19)24-11-13-26(14-12-24)31(28,29)17-18-4-2-1-3-5-18/h1-5,9,15,19,23H,6-8,10-14,16-17H2/t23-/m1/s1. The van der Waals surface area contributed by atoms with Crippen molar-refractivity contribution >= 4 is 27.3 Å². The van der Waals surface area contributed by atoms with Crippen LogP contribution in [0.25, 0.3) is 0 Å². The molecular formula is C23H29N3O3S2. The van der Waals surface area contributed by atoms with Gasteiger partial charge in [0.2, 0.25) is 15.9 Å². The van der Waals surface area contributed by atoms with Crippen molar-refractivity contribution in [1.82, 2.24) is 14.1 Å². The molecule has 1 aromatic carbocycles. The van der Waals surface area contributed by atoms with Gasteiger partial charge >= 0.3 is 0 Å². The summed E-state index contributed by atoms with van der Waals surface area (Å²) in [6.07, 6.45) is 3.53. The summed E-state index contributed by atoms with van der Waals surface area (Å²) in [5.41, 5.74) is 2.23. The number of amides is 1. The second kappa shape index (κ2) is 8.65. The molecule has 0 N–H and O–H groups in total. The van der Waals surface area contributed by atoms with Gasteiger partial charge in [-0.05, 0) is 47.8 Å². The Kier molecular flexibility index (Phi) is 5.90. The van der Waals surface area contributed by atoms with E-state index >= 15 is 0 Å². The van der Waals surface area contributed by atoms with Crippen molar-refractivity contribution in [3.63, 3.8) is 0 Å². The van der Waals surface area contributed by atoms with E-state index in [4.69, 9.17) is 0 Å². The second-order valence-corrected chi connectivity index (χ2v) is 11.8. The van der Waals surface area contributed by atoms with E-state index in [9.17, 15) is 13.2 Å². The molecule has 1 saturated carbocycles. The lowest BCUT2D eigenvalue weighted by molar-refractivity contribution is -0.134. The van der Waals surface area contributed by atoms with E-state index in [0.29, 0.717) is 44.7 Å². The average Bonchev–Trinajstić information content (AvgIpc) is 3.50. The summed E-state index contributed by atoms with van der Waals surface area (Å²) in [5.74, 6) is 0.826. The first-order chi connectivity index (χ1) is 15.0. The SMILES string of the molecule is O=C(CN1CCc2sccc2[C@H]1C1CC1)N1CCN(S(=O)(=O)Cc2ccccc2)CC1. The van der Waals surface area contributed by atoms with Crippen LogP contribution in [0.3, 0.4) is 0 Å². The summed E-state index contributed by atoms with van der Waals surface area (Å²) in [6.45, 7) is 3.07. The first-order valence-electron chi connectivity index (χ1n) is 11.1. The number of nitrogens with zero attached hydrogens (tertiary/aromatic N) is 3. The maximum absolute atomic E-state index is 13.1. The maximum atomic E-state index is 13.1. The minimum Gasteiger partial charge on any atom is -0.339 e. The topological polar surface area (TPSA) is 60.9 Å². The lowest BCUT2D eigenvalue weighted by atomic mass is 9.96. The highest BCUT2D eigenvalue weighted by molar-refractivity contribution is 7.88. The molecular weight excluding hydrogens is 430 g/mol. The van der Waals surface area contributed by atoms with Gasteiger partial charge in [0.05, 0.1) is 12.3 Å². The van der Waals surface area contributed by atoms with Crippen molar-refractivity contribution in [1.29, 1.82) is 0 Å². The van der Waals surface area contributed by atoms with Gasteiger partial charge < -0.3 is 4.90 Å². The zero-order chi connectivity index (χ0) is 21.4. The number of hydrogen-bond donors (Lipinski definition) is 0. The molecule has 0 bridgehead atoms. The lowest BCUT2D eigenvalue weighted by Crippen LogP contribution is -2.53. The molecule has 1 aliphatic carbocycles. The third-order valence-corrected chi connectivity index (χ3v) is 9.55. The van der Waals surface area contributed by atoms with Gasteiger partial charge in [0.1, 0.15) is 0 Å². The molecule has 8 heteroatoms. The van der Waals surface area contributed by atoms with Crippen LogP contribution in [-0.4, -0.2) is 67.7 Å². The minimum atomic E-state index is -3.37. The monoisotopic (exact) mass is 459 g/mol. The third-order valence-electron chi connectivity index (χ3n) is 6.70. The fourth-order valence-electron chi connectivity index (χ4n) is 4.91. The number of piperazine rings is 1. The van der Waals surface area contributed by atoms with Gasteiger partial charge in [0.25, 0.3) is 0 Å². The average molecular weight is 460 g/mol. The van der Waals surface area contributed by atoms with Crippen LogP contribution in [-0.2, 0) is 27.0 Å². The first-order valence-corrected chi connectivity index (χ1v) is 13.6. The zero-order valence-electron chi connectivity index (χ0n) is 17.7. The molecule has 1 aromatic heterocycles. The number of hydrogen-bond acceptors (Lipinski definition) is 5. The second-order valence-electron chi connectivity index (χ2n) is 8.82. The van der Waals surface area contributed by atoms with Crippen LogP contribution in [0, 0.1) is 5.92 Å². The predicted octanol–water partition coefficient (Wildman–Crippen LogP) is 2.73. The number of carbonyl (C=O) groups is 1. The van der Waals surface area contributed by atoms with Crippen LogP contribution in [0.15, 0.2) is 41.8 Å². The Bertz CT molecular complexity index is 1030. The molecule has 2 aromatic rings. The number of sulfonamides is 1. The lowest BCUT2D eigenvalue weighted by Gasteiger charge is -2.39. The number of thiophene rings is 1. The summed E-state index contributed by atoms with van der Waals surface area (Å²) in [7, 11) is -3.37. The number of rotatable bonds is 6. The summed E-state index contributed by atoms with van der Waals surface area (Å²) >= 11 is 1.84. The van der Waals surface area contributed by atoms with Crippen LogP contribution in [0.4, 0.5) is 0 Å². The molecule has 2 aliphatic heterocycles. The largest absolute Gasteiger partial charge is 0.339 e. The van der Waals surface area contributed by atoms with Crippen LogP contribution in [0.2, 0.25) is 0 Å². The number of benzene rings is 1. The van der Waals surface area contributed by atoms with Crippen LogP contribution in [0.5, 0.6) is 0 Å². The van der Waals surface area contributed by atoms with Crippen LogP contribution in [0.1, 0.15) is 34.9 Å². The third kappa shape index (κ3) is 4.58. The number of carbonyl (C=O) groups excluding carboxylic acids is 1. The molecule has 0 spiro atoms. The van der Waals surface area contributed by atoms with Crippen molar-refractivity contribution in [2.45, 2.75) is 31.1 Å². The quantitative estimate of drug-likeness (QED) is 0.667. The van der Waals surface area contributed by atoms with E-state index in [0.717, 1.165) is 18.5 Å². The Hall–Kier alpha value is -1.74. The van der Waals surface area contributed by atoms with Crippen molar-refractivity contribution < 1.29 is 13.2 Å². The Morgan fingerprint density at radius 3 is 2.45 bits per heavy atom. The Balaban J connectivity index is 1.18. The van der Waals surface area contributed by atoms with Gasteiger partial charge in [0, 0.05) is 43.6 Å². The normalized spacial score (nSPS) is 23.0. The fraction of sp³-hybridized carbons (Fsp3) is 0.522. The fourth-order valence-corrected chi connectivity index (χ4v) is 7.33. The van der Waals surface area contributed by atoms with Crippen molar-refractivity contribution in [3.8, 4) is 0 Å². The molecule has 0 unspecified atom stereocenters. The van der Waals surface area contributed by atoms with E-state index in [1.54, 1.807) is 0 Å². The summed E-state index contributed by atoms with van der Waals surface area (Å²) in [4.78, 5) is 18.8. The van der Waals surface area contributed by atoms with Crippen molar-refractivity contribution in [2.24, 2.45) is 5.92 Å². The molecule has 3 aliphatic rings. The van der Waals surface area contributed by atoms with E-state index in [1.807, 2.05) is 46.6 Å². The first kappa shape index (κ1) is 21.1. The molecule has 1 amide bonds.